The van der Waals surface area contributed by atoms with Gasteiger partial charge >= 0.3 is 0 Å². The molecule has 1 aromatic carbocycles. The summed E-state index contributed by atoms with van der Waals surface area (Å²) in [7, 11) is 0. The molecule has 1 aliphatic carbocycles. The van der Waals surface area contributed by atoms with Crippen LogP contribution in [-0.2, 0) is 4.79 Å². The molecule has 0 unspecified atom stereocenters. The van der Waals surface area contributed by atoms with Crippen LogP contribution in [0, 0.1) is 0 Å². The lowest BCUT2D eigenvalue weighted by atomic mass is 10.3. The molecule has 1 aliphatic rings. The molecule has 1 aromatic rings. The van der Waals surface area contributed by atoms with Gasteiger partial charge in [-0.05, 0) is 43.3 Å². The van der Waals surface area contributed by atoms with E-state index in [2.05, 4.69) is 16.2 Å². The average molecular weight is 328 g/mol. The van der Waals surface area contributed by atoms with E-state index in [4.69, 9.17) is 28.6 Å². The number of hydrogen-bond donors (Lipinski definition) is 3. The number of carbonyl (C=O) groups excluding carboxylic acids is 1. The lowest BCUT2D eigenvalue weighted by Gasteiger charge is -2.16. The first kappa shape index (κ1) is 15.9. The predicted molar refractivity (Wildman–Crippen MR) is 86.2 cm³/mol. The molecule has 0 heterocycles. The van der Waals surface area contributed by atoms with Crippen LogP contribution in [0.5, 0.6) is 5.75 Å². The molecule has 0 spiro atoms. The van der Waals surface area contributed by atoms with Crippen molar-refractivity contribution < 1.29 is 9.53 Å². The van der Waals surface area contributed by atoms with Crippen molar-refractivity contribution in [3.05, 3.63) is 29.3 Å². The summed E-state index contributed by atoms with van der Waals surface area (Å²) in [5.41, 5.74) is 5.16. The zero-order valence-corrected chi connectivity index (χ0v) is 13.1. The number of carbonyl (C=O) groups is 1. The summed E-state index contributed by atoms with van der Waals surface area (Å²) in [5.74, 6) is 0.231. The van der Waals surface area contributed by atoms with Gasteiger partial charge in [0.1, 0.15) is 5.75 Å². The topological polar surface area (TPSA) is 62.4 Å². The van der Waals surface area contributed by atoms with Gasteiger partial charge in [0, 0.05) is 11.1 Å². The first-order chi connectivity index (χ1) is 10.1. The molecule has 1 fully saturated rings. The fraction of sp³-hybridized carbons (Fsp3) is 0.429. The maximum Gasteiger partial charge on any atom is 0.276 e. The van der Waals surface area contributed by atoms with Gasteiger partial charge in [0.15, 0.2) is 11.7 Å². The maximum absolute atomic E-state index is 11.6. The minimum atomic E-state index is -0.314. The van der Waals surface area contributed by atoms with Crippen LogP contribution in [0.3, 0.4) is 0 Å². The molecule has 114 valence electrons. The Hall–Kier alpha value is -1.53. The molecular formula is C14H18ClN3O2S. The minimum absolute atomic E-state index is 0.112. The Balaban J connectivity index is 1.64. The van der Waals surface area contributed by atoms with Crippen molar-refractivity contribution in [2.75, 3.05) is 6.61 Å². The summed E-state index contributed by atoms with van der Waals surface area (Å²) >= 11 is 10.9. The van der Waals surface area contributed by atoms with Crippen molar-refractivity contribution in [3.8, 4) is 5.75 Å². The number of rotatable bonds is 4. The van der Waals surface area contributed by atoms with E-state index >= 15 is 0 Å². The van der Waals surface area contributed by atoms with Gasteiger partial charge in [0.05, 0.1) is 0 Å². The van der Waals surface area contributed by atoms with Gasteiger partial charge in [0.25, 0.3) is 5.91 Å². The molecular weight excluding hydrogens is 310 g/mol. The van der Waals surface area contributed by atoms with E-state index in [0.29, 0.717) is 21.9 Å². The molecule has 5 nitrogen and oxygen atoms in total. The van der Waals surface area contributed by atoms with Crippen LogP contribution in [0.15, 0.2) is 24.3 Å². The van der Waals surface area contributed by atoms with E-state index < -0.39 is 0 Å². The highest BCUT2D eigenvalue weighted by atomic mass is 35.5. The number of amides is 1. The summed E-state index contributed by atoms with van der Waals surface area (Å²) < 4.78 is 5.31. The third-order valence-electron chi connectivity index (χ3n) is 3.17. The number of halogens is 1. The summed E-state index contributed by atoms with van der Waals surface area (Å²) in [6, 6.07) is 7.29. The summed E-state index contributed by atoms with van der Waals surface area (Å²) in [4.78, 5) is 11.6. The van der Waals surface area contributed by atoms with Crippen molar-refractivity contribution in [2.24, 2.45) is 0 Å². The number of thiocarbonyl (C=S) groups is 1. The average Bonchev–Trinajstić information content (AvgIpc) is 2.96. The van der Waals surface area contributed by atoms with Gasteiger partial charge < -0.3 is 10.1 Å². The number of ether oxygens (including phenoxy) is 1. The van der Waals surface area contributed by atoms with Crippen molar-refractivity contribution in [3.63, 3.8) is 0 Å². The Labute approximate surface area is 134 Å². The van der Waals surface area contributed by atoms with E-state index in [1.165, 1.54) is 12.8 Å². The molecule has 0 bridgehead atoms. The Kier molecular flexibility index (Phi) is 6.07. The summed E-state index contributed by atoms with van der Waals surface area (Å²) in [6.45, 7) is -0.112. The second-order valence-electron chi connectivity index (χ2n) is 4.87. The number of hydrogen-bond acceptors (Lipinski definition) is 3. The number of hydrazine groups is 1. The van der Waals surface area contributed by atoms with Gasteiger partial charge in [0.2, 0.25) is 0 Å². The Bertz CT molecular complexity index is 507. The smallest absolute Gasteiger partial charge is 0.276 e. The third-order valence-corrected chi connectivity index (χ3v) is 3.63. The first-order valence-electron chi connectivity index (χ1n) is 6.87. The van der Waals surface area contributed by atoms with Crippen LogP contribution in [-0.4, -0.2) is 23.7 Å². The van der Waals surface area contributed by atoms with Crippen LogP contribution >= 0.6 is 23.8 Å². The van der Waals surface area contributed by atoms with Crippen LogP contribution < -0.4 is 20.9 Å². The molecule has 7 heteroatoms. The predicted octanol–water partition coefficient (Wildman–Crippen LogP) is 2.16. The van der Waals surface area contributed by atoms with Gasteiger partial charge in [-0.3, -0.25) is 15.6 Å². The number of nitrogens with one attached hydrogen (secondary N) is 3. The van der Waals surface area contributed by atoms with Gasteiger partial charge in [-0.2, -0.15) is 0 Å². The second-order valence-corrected chi connectivity index (χ2v) is 5.72. The Morgan fingerprint density at radius 1 is 1.33 bits per heavy atom. The Morgan fingerprint density at radius 3 is 2.81 bits per heavy atom. The molecule has 3 N–H and O–H groups in total. The van der Waals surface area contributed by atoms with Crippen LogP contribution in [0.4, 0.5) is 0 Å². The molecule has 0 saturated heterocycles. The first-order valence-corrected chi connectivity index (χ1v) is 7.66. The second kappa shape index (κ2) is 8.05. The zero-order valence-electron chi connectivity index (χ0n) is 11.5. The van der Waals surface area contributed by atoms with Gasteiger partial charge in [-0.15, -0.1) is 0 Å². The Morgan fingerprint density at radius 2 is 2.10 bits per heavy atom. The molecule has 0 radical (unpaired) electrons. The van der Waals surface area contributed by atoms with Crippen molar-refractivity contribution >= 4 is 34.8 Å². The van der Waals surface area contributed by atoms with Crippen molar-refractivity contribution in [2.45, 2.75) is 31.7 Å². The van der Waals surface area contributed by atoms with E-state index in [-0.39, 0.29) is 12.5 Å². The van der Waals surface area contributed by atoms with E-state index in [9.17, 15) is 4.79 Å². The SMILES string of the molecule is O=C(COc1cccc(Cl)c1)NNC(=S)NC1CCCC1. The fourth-order valence-corrected chi connectivity index (χ4v) is 2.56. The molecule has 1 amide bonds. The molecule has 0 aliphatic heterocycles. The lowest BCUT2D eigenvalue weighted by Crippen LogP contribution is -2.50. The monoisotopic (exact) mass is 327 g/mol. The van der Waals surface area contributed by atoms with E-state index in [1.54, 1.807) is 24.3 Å². The fourth-order valence-electron chi connectivity index (χ4n) is 2.16. The summed E-state index contributed by atoms with van der Waals surface area (Å²) in [6.07, 6.45) is 4.68. The zero-order chi connectivity index (χ0) is 15.1. The van der Waals surface area contributed by atoms with Crippen LogP contribution in [0.25, 0.3) is 0 Å². The minimum Gasteiger partial charge on any atom is -0.484 e. The maximum atomic E-state index is 11.6. The molecule has 2 rings (SSSR count). The molecule has 0 atom stereocenters. The van der Waals surface area contributed by atoms with Crippen LogP contribution in [0.2, 0.25) is 5.02 Å². The quantitative estimate of drug-likeness (QED) is 0.584. The molecule has 1 saturated carbocycles. The van der Waals surface area contributed by atoms with Crippen molar-refractivity contribution in [1.29, 1.82) is 0 Å². The van der Waals surface area contributed by atoms with Crippen molar-refractivity contribution in [1.82, 2.24) is 16.2 Å². The van der Waals surface area contributed by atoms with E-state index in [0.717, 1.165) is 12.8 Å². The molecule has 0 aromatic heterocycles. The highest BCUT2D eigenvalue weighted by Crippen LogP contribution is 2.17. The van der Waals surface area contributed by atoms with Gasteiger partial charge in [-0.1, -0.05) is 30.5 Å². The standard InChI is InChI=1S/C14H18ClN3O2S/c15-10-4-3-7-12(8-10)20-9-13(19)17-18-14(21)16-11-5-1-2-6-11/h3-4,7-8,11H,1-2,5-6,9H2,(H,17,19)(H2,16,18,21). The van der Waals surface area contributed by atoms with Crippen LogP contribution in [0.1, 0.15) is 25.7 Å². The largest absolute Gasteiger partial charge is 0.484 e. The molecule has 21 heavy (non-hydrogen) atoms. The third kappa shape index (κ3) is 5.77. The summed E-state index contributed by atoms with van der Waals surface area (Å²) in [5, 5.41) is 4.15. The van der Waals surface area contributed by atoms with E-state index in [1.807, 2.05) is 0 Å². The lowest BCUT2D eigenvalue weighted by molar-refractivity contribution is -0.123. The highest BCUT2D eigenvalue weighted by Gasteiger charge is 2.15. The van der Waals surface area contributed by atoms with Gasteiger partial charge in [-0.25, -0.2) is 0 Å². The number of benzene rings is 1. The normalized spacial score (nSPS) is 14.5. The highest BCUT2D eigenvalue weighted by molar-refractivity contribution is 7.80.